The lowest BCUT2D eigenvalue weighted by atomic mass is 10.1. The second kappa shape index (κ2) is 7.90. The number of nitriles is 1. The molecule has 0 aliphatic heterocycles. The standard InChI is InChI=1S/C17H12ClN3O3/c18-15-6-4-12(5-7-15)11-20-17(22)14(10-19)8-13-2-1-3-16(9-13)21(23)24/h1-9H,11H2,(H,20,22)/b14-8+. The number of carbonyl (C=O) groups excluding carboxylic acids is 1. The molecule has 24 heavy (non-hydrogen) atoms. The van der Waals surface area contributed by atoms with Crippen LogP contribution in [0.1, 0.15) is 11.1 Å². The van der Waals surface area contributed by atoms with Crippen LogP contribution in [0.15, 0.2) is 54.1 Å². The molecule has 0 aromatic heterocycles. The molecule has 2 aromatic carbocycles. The van der Waals surface area contributed by atoms with Crippen molar-refractivity contribution in [1.82, 2.24) is 5.32 Å². The molecule has 1 amide bonds. The number of halogens is 1. The third-order valence-electron chi connectivity index (χ3n) is 3.12. The SMILES string of the molecule is N#C/C(=C\c1cccc([N+](=O)[O-])c1)C(=O)NCc1ccc(Cl)cc1. The number of carbonyl (C=O) groups is 1. The average molecular weight is 342 g/mol. The van der Waals surface area contributed by atoms with E-state index in [0.717, 1.165) is 5.56 Å². The van der Waals surface area contributed by atoms with Crippen LogP contribution in [-0.4, -0.2) is 10.8 Å². The highest BCUT2D eigenvalue weighted by Crippen LogP contribution is 2.16. The van der Waals surface area contributed by atoms with E-state index in [1.165, 1.54) is 24.3 Å². The number of amides is 1. The van der Waals surface area contributed by atoms with Gasteiger partial charge in [-0.3, -0.25) is 14.9 Å². The maximum Gasteiger partial charge on any atom is 0.270 e. The van der Waals surface area contributed by atoms with Gasteiger partial charge in [-0.2, -0.15) is 5.26 Å². The lowest BCUT2D eigenvalue weighted by Gasteiger charge is -2.05. The van der Waals surface area contributed by atoms with Crippen molar-refractivity contribution in [2.24, 2.45) is 0 Å². The van der Waals surface area contributed by atoms with Gasteiger partial charge < -0.3 is 5.32 Å². The summed E-state index contributed by atoms with van der Waals surface area (Å²) in [4.78, 5) is 22.3. The van der Waals surface area contributed by atoms with Gasteiger partial charge in [0.05, 0.1) is 4.92 Å². The molecule has 0 bridgehead atoms. The minimum absolute atomic E-state index is 0.109. The van der Waals surface area contributed by atoms with E-state index < -0.39 is 10.8 Å². The van der Waals surface area contributed by atoms with Crippen LogP contribution in [0.25, 0.3) is 6.08 Å². The Bertz CT molecular complexity index is 839. The van der Waals surface area contributed by atoms with E-state index in [9.17, 15) is 14.9 Å². The summed E-state index contributed by atoms with van der Waals surface area (Å²) in [5.74, 6) is -0.557. The van der Waals surface area contributed by atoms with Crippen molar-refractivity contribution in [2.75, 3.05) is 0 Å². The third-order valence-corrected chi connectivity index (χ3v) is 3.38. The van der Waals surface area contributed by atoms with E-state index >= 15 is 0 Å². The number of non-ortho nitro benzene ring substituents is 1. The van der Waals surface area contributed by atoms with E-state index in [0.29, 0.717) is 10.6 Å². The Morgan fingerprint density at radius 2 is 2.00 bits per heavy atom. The zero-order valence-electron chi connectivity index (χ0n) is 12.4. The molecule has 0 unspecified atom stereocenters. The lowest BCUT2D eigenvalue weighted by molar-refractivity contribution is -0.384. The molecular weight excluding hydrogens is 330 g/mol. The Morgan fingerprint density at radius 3 is 2.62 bits per heavy atom. The maximum absolute atomic E-state index is 12.1. The van der Waals surface area contributed by atoms with Crippen LogP contribution in [-0.2, 0) is 11.3 Å². The van der Waals surface area contributed by atoms with Gasteiger partial charge in [0.15, 0.2) is 0 Å². The van der Waals surface area contributed by atoms with E-state index in [1.54, 1.807) is 36.4 Å². The summed E-state index contributed by atoms with van der Waals surface area (Å²) in [6.45, 7) is 0.240. The number of benzene rings is 2. The number of hydrogen-bond acceptors (Lipinski definition) is 4. The summed E-state index contributed by atoms with van der Waals surface area (Å²) in [5, 5.41) is 23.1. The van der Waals surface area contributed by atoms with Crippen molar-refractivity contribution < 1.29 is 9.72 Å². The molecule has 0 heterocycles. The quantitative estimate of drug-likeness (QED) is 0.390. The van der Waals surface area contributed by atoms with E-state index in [4.69, 9.17) is 16.9 Å². The first-order valence-electron chi connectivity index (χ1n) is 6.88. The number of nitro groups is 1. The molecule has 0 saturated heterocycles. The summed E-state index contributed by atoms with van der Waals surface area (Å²) < 4.78 is 0. The predicted octanol–water partition coefficient (Wildman–Crippen LogP) is 3.47. The van der Waals surface area contributed by atoms with Crippen LogP contribution < -0.4 is 5.32 Å². The molecule has 0 saturated carbocycles. The van der Waals surface area contributed by atoms with Crippen LogP contribution in [0, 0.1) is 21.4 Å². The maximum atomic E-state index is 12.1. The Morgan fingerprint density at radius 1 is 1.29 bits per heavy atom. The van der Waals surface area contributed by atoms with Gasteiger partial charge >= 0.3 is 0 Å². The van der Waals surface area contributed by atoms with Gasteiger partial charge in [0, 0.05) is 23.7 Å². The highest BCUT2D eigenvalue weighted by molar-refractivity contribution is 6.30. The molecule has 2 rings (SSSR count). The smallest absolute Gasteiger partial charge is 0.270 e. The molecule has 2 aromatic rings. The van der Waals surface area contributed by atoms with E-state index in [-0.39, 0.29) is 17.8 Å². The Labute approximate surface area is 143 Å². The first kappa shape index (κ1) is 17.2. The second-order valence-electron chi connectivity index (χ2n) is 4.83. The number of rotatable bonds is 5. The molecule has 0 aliphatic rings. The minimum Gasteiger partial charge on any atom is -0.347 e. The minimum atomic E-state index is -0.557. The van der Waals surface area contributed by atoms with Gasteiger partial charge in [-0.05, 0) is 29.3 Å². The van der Waals surface area contributed by atoms with E-state index in [1.807, 2.05) is 0 Å². The van der Waals surface area contributed by atoms with Crippen molar-refractivity contribution in [1.29, 1.82) is 5.26 Å². The third kappa shape index (κ3) is 4.66. The average Bonchev–Trinajstić information content (AvgIpc) is 2.59. The second-order valence-corrected chi connectivity index (χ2v) is 5.27. The monoisotopic (exact) mass is 341 g/mol. The summed E-state index contributed by atoms with van der Waals surface area (Å²) in [5.41, 5.74) is 0.995. The van der Waals surface area contributed by atoms with Crippen molar-refractivity contribution >= 4 is 29.3 Å². The fourth-order valence-electron chi connectivity index (χ4n) is 1.92. The summed E-state index contributed by atoms with van der Waals surface area (Å²) in [6, 6.07) is 14.4. The molecule has 1 N–H and O–H groups in total. The molecular formula is C17H12ClN3O3. The van der Waals surface area contributed by atoms with Gasteiger partial charge in [0.1, 0.15) is 11.6 Å². The first-order chi connectivity index (χ1) is 11.5. The van der Waals surface area contributed by atoms with Crippen molar-refractivity contribution in [3.8, 4) is 6.07 Å². The number of hydrogen-bond donors (Lipinski definition) is 1. The van der Waals surface area contributed by atoms with Crippen LogP contribution in [0.5, 0.6) is 0 Å². The summed E-state index contributed by atoms with van der Waals surface area (Å²) in [7, 11) is 0. The molecule has 0 radical (unpaired) electrons. The van der Waals surface area contributed by atoms with E-state index in [2.05, 4.69) is 5.32 Å². The number of nitrogens with one attached hydrogen (secondary N) is 1. The molecule has 0 spiro atoms. The molecule has 0 fully saturated rings. The Hall–Kier alpha value is -3.17. The zero-order chi connectivity index (χ0) is 17.5. The highest BCUT2D eigenvalue weighted by atomic mass is 35.5. The summed E-state index contributed by atoms with van der Waals surface area (Å²) in [6.07, 6.45) is 1.31. The van der Waals surface area contributed by atoms with Gasteiger partial charge in [0.25, 0.3) is 11.6 Å². The highest BCUT2D eigenvalue weighted by Gasteiger charge is 2.10. The van der Waals surface area contributed by atoms with Gasteiger partial charge in [0.2, 0.25) is 0 Å². The van der Waals surface area contributed by atoms with Crippen molar-refractivity contribution in [3.05, 3.63) is 80.4 Å². The van der Waals surface area contributed by atoms with Gasteiger partial charge in [-0.1, -0.05) is 35.9 Å². The Balaban J connectivity index is 2.11. The largest absolute Gasteiger partial charge is 0.347 e. The number of nitro benzene ring substituents is 1. The molecule has 7 heteroatoms. The Kier molecular flexibility index (Phi) is 5.66. The van der Waals surface area contributed by atoms with Gasteiger partial charge in [-0.25, -0.2) is 0 Å². The molecule has 6 nitrogen and oxygen atoms in total. The molecule has 0 atom stereocenters. The van der Waals surface area contributed by atoms with Crippen molar-refractivity contribution in [3.63, 3.8) is 0 Å². The molecule has 120 valence electrons. The van der Waals surface area contributed by atoms with Crippen LogP contribution in [0.4, 0.5) is 5.69 Å². The van der Waals surface area contributed by atoms with Crippen LogP contribution in [0.2, 0.25) is 5.02 Å². The predicted molar refractivity (Wildman–Crippen MR) is 90.0 cm³/mol. The topological polar surface area (TPSA) is 96.0 Å². The lowest BCUT2D eigenvalue weighted by Crippen LogP contribution is -2.23. The summed E-state index contributed by atoms with van der Waals surface area (Å²) >= 11 is 5.79. The fraction of sp³-hybridized carbons (Fsp3) is 0.0588. The van der Waals surface area contributed by atoms with Crippen LogP contribution in [0.3, 0.4) is 0 Å². The normalized spacial score (nSPS) is 10.8. The van der Waals surface area contributed by atoms with Crippen LogP contribution >= 0.6 is 11.6 Å². The zero-order valence-corrected chi connectivity index (χ0v) is 13.2. The van der Waals surface area contributed by atoms with Crippen molar-refractivity contribution in [2.45, 2.75) is 6.54 Å². The fourth-order valence-corrected chi connectivity index (χ4v) is 2.05. The number of nitrogens with zero attached hydrogens (tertiary/aromatic N) is 2. The first-order valence-corrected chi connectivity index (χ1v) is 7.26. The van der Waals surface area contributed by atoms with Gasteiger partial charge in [-0.15, -0.1) is 0 Å². The molecule has 0 aliphatic carbocycles.